The van der Waals surface area contributed by atoms with Crippen LogP contribution in [0.4, 0.5) is 10.5 Å². The number of amides is 2. The first-order valence-electron chi connectivity index (χ1n) is 6.73. The number of ether oxygens (including phenoxy) is 1. The van der Waals surface area contributed by atoms with Gasteiger partial charge in [-0.15, -0.1) is 0 Å². The average molecular weight is 264 g/mol. The molecule has 2 amide bonds. The van der Waals surface area contributed by atoms with Gasteiger partial charge in [-0.25, -0.2) is 4.79 Å². The highest BCUT2D eigenvalue weighted by molar-refractivity contribution is 5.89. The minimum atomic E-state index is -0.165. The molecule has 0 saturated carbocycles. The van der Waals surface area contributed by atoms with Crippen molar-refractivity contribution in [2.45, 2.75) is 39.7 Å². The SMILES string of the molecule is COc1ccc(NC(=O)NC(C)CCC(C)C)cc1. The van der Waals surface area contributed by atoms with Crippen LogP contribution in [0.2, 0.25) is 0 Å². The Morgan fingerprint density at radius 3 is 2.32 bits per heavy atom. The molecule has 1 atom stereocenters. The minimum Gasteiger partial charge on any atom is -0.497 e. The van der Waals surface area contributed by atoms with E-state index in [1.54, 1.807) is 7.11 Å². The molecule has 1 unspecified atom stereocenters. The highest BCUT2D eigenvalue weighted by Crippen LogP contribution is 2.15. The van der Waals surface area contributed by atoms with Crippen molar-refractivity contribution in [2.24, 2.45) is 5.92 Å². The minimum absolute atomic E-state index is 0.165. The van der Waals surface area contributed by atoms with Gasteiger partial charge in [-0.1, -0.05) is 13.8 Å². The summed E-state index contributed by atoms with van der Waals surface area (Å²) in [7, 11) is 1.62. The highest BCUT2D eigenvalue weighted by Gasteiger charge is 2.08. The zero-order chi connectivity index (χ0) is 14.3. The van der Waals surface area contributed by atoms with Gasteiger partial charge in [0.05, 0.1) is 7.11 Å². The first-order valence-corrected chi connectivity index (χ1v) is 6.73. The van der Waals surface area contributed by atoms with Crippen molar-refractivity contribution in [3.05, 3.63) is 24.3 Å². The molecule has 0 aromatic heterocycles. The summed E-state index contributed by atoms with van der Waals surface area (Å²) in [6, 6.07) is 7.28. The van der Waals surface area contributed by atoms with Crippen molar-refractivity contribution >= 4 is 11.7 Å². The van der Waals surface area contributed by atoms with Gasteiger partial charge in [0.15, 0.2) is 0 Å². The summed E-state index contributed by atoms with van der Waals surface area (Å²) < 4.78 is 5.06. The van der Waals surface area contributed by atoms with Gasteiger partial charge in [0.1, 0.15) is 5.75 Å². The van der Waals surface area contributed by atoms with E-state index in [2.05, 4.69) is 24.5 Å². The van der Waals surface area contributed by atoms with Gasteiger partial charge in [-0.05, 0) is 49.9 Å². The van der Waals surface area contributed by atoms with E-state index in [9.17, 15) is 4.79 Å². The maximum absolute atomic E-state index is 11.8. The number of rotatable bonds is 6. The lowest BCUT2D eigenvalue weighted by molar-refractivity contribution is 0.248. The summed E-state index contributed by atoms with van der Waals surface area (Å²) in [5.74, 6) is 1.44. The smallest absolute Gasteiger partial charge is 0.319 e. The Hall–Kier alpha value is -1.71. The number of carbonyl (C=O) groups is 1. The number of benzene rings is 1. The van der Waals surface area contributed by atoms with Crippen molar-refractivity contribution in [3.8, 4) is 5.75 Å². The molecule has 1 rings (SSSR count). The number of anilines is 1. The monoisotopic (exact) mass is 264 g/mol. The summed E-state index contributed by atoms with van der Waals surface area (Å²) in [6.07, 6.45) is 2.11. The third-order valence-electron chi connectivity index (χ3n) is 2.90. The molecule has 106 valence electrons. The summed E-state index contributed by atoms with van der Waals surface area (Å²) in [5.41, 5.74) is 0.759. The molecule has 0 aliphatic heterocycles. The van der Waals surface area contributed by atoms with Gasteiger partial charge in [0.25, 0.3) is 0 Å². The molecule has 4 nitrogen and oxygen atoms in total. The summed E-state index contributed by atoms with van der Waals surface area (Å²) in [4.78, 5) is 11.8. The van der Waals surface area contributed by atoms with Crippen molar-refractivity contribution in [1.29, 1.82) is 0 Å². The topological polar surface area (TPSA) is 50.4 Å². The third-order valence-corrected chi connectivity index (χ3v) is 2.90. The number of urea groups is 1. The Balaban J connectivity index is 2.37. The van der Waals surface area contributed by atoms with E-state index >= 15 is 0 Å². The van der Waals surface area contributed by atoms with Crippen LogP contribution < -0.4 is 15.4 Å². The van der Waals surface area contributed by atoms with E-state index in [0.717, 1.165) is 24.3 Å². The maximum Gasteiger partial charge on any atom is 0.319 e. The van der Waals surface area contributed by atoms with Crippen LogP contribution in [0.3, 0.4) is 0 Å². The predicted octanol–water partition coefficient (Wildman–Crippen LogP) is 3.64. The average Bonchev–Trinajstić information content (AvgIpc) is 2.37. The Morgan fingerprint density at radius 1 is 1.16 bits per heavy atom. The molecule has 0 radical (unpaired) electrons. The zero-order valence-electron chi connectivity index (χ0n) is 12.2. The van der Waals surface area contributed by atoms with Crippen LogP contribution in [-0.2, 0) is 0 Å². The fourth-order valence-electron chi connectivity index (χ4n) is 1.72. The lowest BCUT2D eigenvalue weighted by Crippen LogP contribution is -2.36. The molecule has 0 spiro atoms. The van der Waals surface area contributed by atoms with Crippen molar-refractivity contribution in [3.63, 3.8) is 0 Å². The van der Waals surface area contributed by atoms with E-state index in [0.29, 0.717) is 5.92 Å². The van der Waals surface area contributed by atoms with Gasteiger partial charge in [0.2, 0.25) is 0 Å². The van der Waals surface area contributed by atoms with Gasteiger partial charge in [0, 0.05) is 11.7 Å². The van der Waals surface area contributed by atoms with Crippen LogP contribution in [-0.4, -0.2) is 19.2 Å². The molecule has 0 fully saturated rings. The second-order valence-corrected chi connectivity index (χ2v) is 5.20. The molecule has 1 aromatic rings. The molecule has 0 heterocycles. The second-order valence-electron chi connectivity index (χ2n) is 5.20. The fourth-order valence-corrected chi connectivity index (χ4v) is 1.72. The van der Waals surface area contributed by atoms with Crippen molar-refractivity contribution in [1.82, 2.24) is 5.32 Å². The van der Waals surface area contributed by atoms with E-state index in [1.807, 2.05) is 31.2 Å². The van der Waals surface area contributed by atoms with Gasteiger partial charge in [-0.3, -0.25) is 0 Å². The predicted molar refractivity (Wildman–Crippen MR) is 78.7 cm³/mol. The van der Waals surface area contributed by atoms with Crippen molar-refractivity contribution in [2.75, 3.05) is 12.4 Å². The molecule has 2 N–H and O–H groups in total. The molecular weight excluding hydrogens is 240 g/mol. The normalized spacial score (nSPS) is 12.1. The summed E-state index contributed by atoms with van der Waals surface area (Å²) >= 11 is 0. The number of carbonyl (C=O) groups excluding carboxylic acids is 1. The van der Waals surface area contributed by atoms with E-state index in [-0.39, 0.29) is 12.1 Å². The number of hydrogen-bond acceptors (Lipinski definition) is 2. The maximum atomic E-state index is 11.8. The lowest BCUT2D eigenvalue weighted by atomic mass is 10.0. The third kappa shape index (κ3) is 6.13. The largest absolute Gasteiger partial charge is 0.497 e. The molecule has 0 bridgehead atoms. The summed E-state index contributed by atoms with van der Waals surface area (Å²) in [6.45, 7) is 6.39. The van der Waals surface area contributed by atoms with Gasteiger partial charge in [-0.2, -0.15) is 0 Å². The number of nitrogens with one attached hydrogen (secondary N) is 2. The van der Waals surface area contributed by atoms with E-state index in [1.165, 1.54) is 0 Å². The molecule has 4 heteroatoms. The second kappa shape index (κ2) is 7.67. The quantitative estimate of drug-likeness (QED) is 0.824. The molecule has 0 aliphatic rings. The highest BCUT2D eigenvalue weighted by atomic mass is 16.5. The van der Waals surface area contributed by atoms with Crippen LogP contribution in [0.25, 0.3) is 0 Å². The van der Waals surface area contributed by atoms with Crippen LogP contribution in [0.15, 0.2) is 24.3 Å². The number of methoxy groups -OCH3 is 1. The molecular formula is C15H24N2O2. The molecule has 19 heavy (non-hydrogen) atoms. The Morgan fingerprint density at radius 2 is 1.79 bits per heavy atom. The first-order chi connectivity index (χ1) is 9.01. The van der Waals surface area contributed by atoms with Crippen LogP contribution in [0.5, 0.6) is 5.75 Å². The standard InChI is InChI=1S/C15H24N2O2/c1-11(2)5-6-12(3)16-15(18)17-13-7-9-14(19-4)10-8-13/h7-12H,5-6H2,1-4H3,(H2,16,17,18). The van der Waals surface area contributed by atoms with Gasteiger partial charge < -0.3 is 15.4 Å². The Labute approximate surface area is 115 Å². The van der Waals surface area contributed by atoms with E-state index < -0.39 is 0 Å². The molecule has 1 aromatic carbocycles. The molecule has 0 saturated heterocycles. The first kappa shape index (κ1) is 15.3. The van der Waals surface area contributed by atoms with Gasteiger partial charge >= 0.3 is 6.03 Å². The molecule has 0 aliphatic carbocycles. The summed E-state index contributed by atoms with van der Waals surface area (Å²) in [5, 5.41) is 5.74. The van der Waals surface area contributed by atoms with Crippen molar-refractivity contribution < 1.29 is 9.53 Å². The fraction of sp³-hybridized carbons (Fsp3) is 0.533. The van der Waals surface area contributed by atoms with E-state index in [4.69, 9.17) is 4.74 Å². The Bertz CT molecular complexity index is 388. The zero-order valence-corrected chi connectivity index (χ0v) is 12.2. The van der Waals surface area contributed by atoms with Crippen LogP contribution in [0, 0.1) is 5.92 Å². The number of hydrogen-bond donors (Lipinski definition) is 2. The Kier molecular flexibility index (Phi) is 6.19. The van der Waals surface area contributed by atoms with Crippen LogP contribution in [0.1, 0.15) is 33.6 Å². The van der Waals surface area contributed by atoms with Crippen LogP contribution >= 0.6 is 0 Å². The lowest BCUT2D eigenvalue weighted by Gasteiger charge is -2.15.